The van der Waals surface area contributed by atoms with Crippen molar-refractivity contribution in [1.29, 1.82) is 0 Å². The molecule has 2 aromatic carbocycles. The number of hydrazone groups is 1. The molecule has 2 aromatic rings. The van der Waals surface area contributed by atoms with Crippen LogP contribution in [0.25, 0.3) is 0 Å². The van der Waals surface area contributed by atoms with Crippen molar-refractivity contribution in [1.82, 2.24) is 5.01 Å². The Kier molecular flexibility index (Phi) is 6.88. The topological polar surface area (TPSA) is 53.0 Å². The molecule has 0 aliphatic heterocycles. The quantitative estimate of drug-likeness (QED) is 0.246. The predicted octanol–water partition coefficient (Wildman–Crippen LogP) is 3.84. The molecule has 0 saturated carbocycles. The molecule has 0 atom stereocenters. The summed E-state index contributed by atoms with van der Waals surface area (Å²) in [6, 6.07) is 13.6. The fourth-order valence-electron chi connectivity index (χ4n) is 2.98. The average molecular weight is 365 g/mol. The summed E-state index contributed by atoms with van der Waals surface area (Å²) in [6.07, 6.45) is 2.93. The van der Waals surface area contributed by atoms with Gasteiger partial charge in [0.1, 0.15) is 6.34 Å². The van der Waals surface area contributed by atoms with Gasteiger partial charge in [-0.05, 0) is 43.0 Å². The zero-order valence-corrected chi connectivity index (χ0v) is 16.7. The van der Waals surface area contributed by atoms with Gasteiger partial charge in [0.05, 0.1) is 0 Å². The number of Topliss-reactive ketones (excluding diaryl/α,β-unsaturated/α-hetero) is 1. The normalized spacial score (nSPS) is 10.9. The maximum absolute atomic E-state index is 12.9. The fraction of sp³-hybridized carbons (Fsp3) is 0.318. The van der Waals surface area contributed by atoms with E-state index in [1.54, 1.807) is 4.90 Å². The zero-order chi connectivity index (χ0) is 20.0. The molecule has 0 aliphatic carbocycles. The van der Waals surface area contributed by atoms with Crippen LogP contribution in [-0.4, -0.2) is 37.1 Å². The zero-order valence-electron chi connectivity index (χ0n) is 16.7. The first kappa shape index (κ1) is 20.4. The molecule has 0 fully saturated rings. The number of likely N-dealkylation sites (N-methyl/N-ethyl adjacent to an activating group) is 1. The van der Waals surface area contributed by atoms with Gasteiger partial charge >= 0.3 is 5.91 Å². The van der Waals surface area contributed by atoms with Gasteiger partial charge in [0.2, 0.25) is 0 Å². The standard InChI is InChI=1S/C22H27N3O2/c1-6-17-13-16(3)14-18(7-2)20(17)21(26)22(27)25(5)23-15-24(4)19-11-9-8-10-12-19/h8-15H,6-7H2,1-5H3/b23-15+. The summed E-state index contributed by atoms with van der Waals surface area (Å²) in [4.78, 5) is 27.3. The molecule has 0 unspecified atom stereocenters. The van der Waals surface area contributed by atoms with E-state index in [0.29, 0.717) is 18.4 Å². The highest BCUT2D eigenvalue weighted by Gasteiger charge is 2.25. The first-order chi connectivity index (χ1) is 12.9. The minimum absolute atomic E-state index is 0.509. The highest BCUT2D eigenvalue weighted by Crippen LogP contribution is 2.21. The number of ketones is 1. The van der Waals surface area contributed by atoms with Crippen molar-refractivity contribution in [3.8, 4) is 0 Å². The third-order valence-electron chi connectivity index (χ3n) is 4.48. The third-order valence-corrected chi connectivity index (χ3v) is 4.48. The van der Waals surface area contributed by atoms with Crippen molar-refractivity contribution in [3.05, 3.63) is 64.7 Å². The second-order valence-electron chi connectivity index (χ2n) is 6.50. The van der Waals surface area contributed by atoms with Crippen LogP contribution >= 0.6 is 0 Å². The molecule has 0 radical (unpaired) electrons. The Morgan fingerprint density at radius 1 is 1.00 bits per heavy atom. The van der Waals surface area contributed by atoms with Gasteiger partial charge in [0.25, 0.3) is 5.78 Å². The number of amides is 1. The van der Waals surface area contributed by atoms with Gasteiger partial charge in [-0.25, -0.2) is 5.01 Å². The number of para-hydroxylation sites is 1. The van der Waals surface area contributed by atoms with Crippen LogP contribution in [0, 0.1) is 6.92 Å². The van der Waals surface area contributed by atoms with Gasteiger partial charge in [0, 0.05) is 25.3 Å². The fourth-order valence-corrected chi connectivity index (χ4v) is 2.98. The largest absolute Gasteiger partial charge is 0.334 e. The van der Waals surface area contributed by atoms with Crippen molar-refractivity contribution in [2.45, 2.75) is 33.6 Å². The van der Waals surface area contributed by atoms with Crippen molar-refractivity contribution in [3.63, 3.8) is 0 Å². The molecular weight excluding hydrogens is 338 g/mol. The second-order valence-corrected chi connectivity index (χ2v) is 6.50. The van der Waals surface area contributed by atoms with E-state index in [9.17, 15) is 9.59 Å². The molecule has 0 heterocycles. The van der Waals surface area contributed by atoms with E-state index < -0.39 is 11.7 Å². The Balaban J connectivity index is 2.22. The Labute approximate surface area is 161 Å². The molecule has 5 heteroatoms. The summed E-state index contributed by atoms with van der Waals surface area (Å²) >= 11 is 0. The first-order valence-corrected chi connectivity index (χ1v) is 9.15. The predicted molar refractivity (Wildman–Crippen MR) is 110 cm³/mol. The van der Waals surface area contributed by atoms with Crippen molar-refractivity contribution < 1.29 is 9.59 Å². The third kappa shape index (κ3) is 4.82. The van der Waals surface area contributed by atoms with E-state index in [2.05, 4.69) is 5.10 Å². The molecule has 0 N–H and O–H groups in total. The van der Waals surface area contributed by atoms with Gasteiger partial charge in [-0.3, -0.25) is 9.59 Å². The van der Waals surface area contributed by atoms with Crippen molar-refractivity contribution >= 4 is 23.7 Å². The van der Waals surface area contributed by atoms with Crippen LogP contribution in [0.4, 0.5) is 5.69 Å². The van der Waals surface area contributed by atoms with Crippen LogP contribution in [0.15, 0.2) is 47.6 Å². The highest BCUT2D eigenvalue weighted by atomic mass is 16.2. The van der Waals surface area contributed by atoms with Crippen LogP contribution in [0.2, 0.25) is 0 Å². The summed E-state index contributed by atoms with van der Waals surface area (Å²) < 4.78 is 0. The summed E-state index contributed by atoms with van der Waals surface area (Å²) in [5.41, 5.74) is 4.37. The van der Waals surface area contributed by atoms with Crippen LogP contribution in [0.1, 0.15) is 40.9 Å². The maximum Gasteiger partial charge on any atom is 0.314 e. The monoisotopic (exact) mass is 365 g/mol. The van der Waals surface area contributed by atoms with Crippen LogP contribution in [0.5, 0.6) is 0 Å². The molecule has 5 nitrogen and oxygen atoms in total. The lowest BCUT2D eigenvalue weighted by Crippen LogP contribution is -2.32. The lowest BCUT2D eigenvalue weighted by atomic mass is 9.92. The van der Waals surface area contributed by atoms with Gasteiger partial charge in [-0.15, -0.1) is 0 Å². The lowest BCUT2D eigenvalue weighted by Gasteiger charge is -2.17. The molecule has 0 aromatic heterocycles. The number of nitrogens with zero attached hydrogens (tertiary/aromatic N) is 3. The van der Waals surface area contributed by atoms with E-state index in [0.717, 1.165) is 27.4 Å². The number of anilines is 1. The number of aryl methyl sites for hydroxylation is 3. The Hall–Kier alpha value is -2.95. The minimum Gasteiger partial charge on any atom is -0.334 e. The van der Waals surface area contributed by atoms with E-state index in [-0.39, 0.29) is 0 Å². The van der Waals surface area contributed by atoms with Crippen LogP contribution < -0.4 is 4.90 Å². The van der Waals surface area contributed by atoms with E-state index in [1.807, 2.05) is 70.3 Å². The van der Waals surface area contributed by atoms with Crippen molar-refractivity contribution in [2.24, 2.45) is 5.10 Å². The number of rotatable bonds is 7. The molecule has 0 saturated heterocycles. The molecule has 0 bridgehead atoms. The first-order valence-electron chi connectivity index (χ1n) is 9.15. The van der Waals surface area contributed by atoms with E-state index >= 15 is 0 Å². The number of carbonyl (C=O) groups excluding carboxylic acids is 2. The van der Waals surface area contributed by atoms with Crippen LogP contribution in [-0.2, 0) is 17.6 Å². The number of hydrogen-bond donors (Lipinski definition) is 0. The average Bonchev–Trinajstić information content (AvgIpc) is 2.70. The SMILES string of the molecule is CCc1cc(C)cc(CC)c1C(=O)C(=O)N(C)/N=C/N(C)c1ccccc1. The number of hydrogen-bond acceptors (Lipinski definition) is 3. The maximum atomic E-state index is 12.9. The van der Waals surface area contributed by atoms with E-state index in [4.69, 9.17) is 0 Å². The molecule has 27 heavy (non-hydrogen) atoms. The smallest absolute Gasteiger partial charge is 0.314 e. The summed E-state index contributed by atoms with van der Waals surface area (Å²) in [5.74, 6) is -1.15. The lowest BCUT2D eigenvalue weighted by molar-refractivity contribution is -0.125. The molecule has 0 spiro atoms. The molecule has 0 aliphatic rings. The van der Waals surface area contributed by atoms with Crippen LogP contribution in [0.3, 0.4) is 0 Å². The van der Waals surface area contributed by atoms with Crippen molar-refractivity contribution in [2.75, 3.05) is 19.0 Å². The summed E-state index contributed by atoms with van der Waals surface area (Å²) in [7, 11) is 3.34. The molecule has 1 amide bonds. The summed E-state index contributed by atoms with van der Waals surface area (Å²) in [5, 5.41) is 5.24. The Bertz CT molecular complexity index is 819. The van der Waals surface area contributed by atoms with Gasteiger partial charge in [-0.1, -0.05) is 49.7 Å². The number of carbonyl (C=O) groups is 2. The Morgan fingerprint density at radius 3 is 2.07 bits per heavy atom. The minimum atomic E-state index is -0.638. The van der Waals surface area contributed by atoms with Gasteiger partial charge in [0.15, 0.2) is 0 Å². The second kappa shape index (κ2) is 9.12. The highest BCUT2D eigenvalue weighted by molar-refractivity contribution is 6.43. The molecule has 2 rings (SSSR count). The van der Waals surface area contributed by atoms with Gasteiger partial charge < -0.3 is 4.90 Å². The molecule has 142 valence electrons. The van der Waals surface area contributed by atoms with Gasteiger partial charge in [-0.2, -0.15) is 5.10 Å². The summed E-state index contributed by atoms with van der Waals surface area (Å²) in [6.45, 7) is 5.99. The Morgan fingerprint density at radius 2 is 1.56 bits per heavy atom. The number of benzene rings is 2. The molecular formula is C22H27N3O2. The van der Waals surface area contributed by atoms with E-state index in [1.165, 1.54) is 13.4 Å².